The lowest BCUT2D eigenvalue weighted by molar-refractivity contribution is 0.790. The molecular weight excluding hydrogens is 224 g/mol. The Morgan fingerprint density at radius 3 is 2.22 bits per heavy atom. The van der Waals surface area contributed by atoms with E-state index < -0.39 is 0 Å². The molecule has 1 rings (SSSR count). The quantitative estimate of drug-likeness (QED) is 0.807. The lowest BCUT2D eigenvalue weighted by Crippen LogP contribution is -2.25. The van der Waals surface area contributed by atoms with E-state index in [1.165, 1.54) is 0 Å². The van der Waals surface area contributed by atoms with E-state index in [1.54, 1.807) is 0 Å². The van der Waals surface area contributed by atoms with Gasteiger partial charge in [-0.25, -0.2) is 9.97 Å². The minimum atomic E-state index is 0.890. The summed E-state index contributed by atoms with van der Waals surface area (Å²) in [7, 11) is 0. The largest absolute Gasteiger partial charge is 0.370 e. The van der Waals surface area contributed by atoms with Crippen LogP contribution in [0, 0.1) is 6.92 Å². The fraction of sp³-hybridized carbons (Fsp3) is 0.714. The van der Waals surface area contributed by atoms with Crippen molar-refractivity contribution >= 4 is 11.6 Å². The van der Waals surface area contributed by atoms with Gasteiger partial charge in [0, 0.05) is 31.6 Å². The summed E-state index contributed by atoms with van der Waals surface area (Å²) in [5.74, 6) is 3.01. The van der Waals surface area contributed by atoms with Crippen molar-refractivity contribution in [2.45, 2.75) is 47.5 Å². The molecule has 0 unspecified atom stereocenters. The fourth-order valence-corrected chi connectivity index (χ4v) is 2.06. The molecule has 0 radical (unpaired) electrons. The van der Waals surface area contributed by atoms with Gasteiger partial charge in [0.25, 0.3) is 0 Å². The molecule has 0 aromatic carbocycles. The third-order valence-corrected chi connectivity index (χ3v) is 3.05. The number of anilines is 2. The van der Waals surface area contributed by atoms with Crippen LogP contribution in [-0.4, -0.2) is 29.6 Å². The van der Waals surface area contributed by atoms with Crippen LogP contribution in [0.2, 0.25) is 0 Å². The van der Waals surface area contributed by atoms with E-state index in [2.05, 4.69) is 49.8 Å². The van der Waals surface area contributed by atoms with Crippen LogP contribution in [-0.2, 0) is 6.42 Å². The highest BCUT2D eigenvalue weighted by Crippen LogP contribution is 2.23. The molecule has 18 heavy (non-hydrogen) atoms. The van der Waals surface area contributed by atoms with Gasteiger partial charge in [0.15, 0.2) is 0 Å². The second-order valence-corrected chi connectivity index (χ2v) is 4.39. The summed E-state index contributed by atoms with van der Waals surface area (Å²) in [6.07, 6.45) is 2.01. The summed E-state index contributed by atoms with van der Waals surface area (Å²) in [6.45, 7) is 13.5. The molecule has 0 aliphatic rings. The third-order valence-electron chi connectivity index (χ3n) is 3.05. The first kappa shape index (κ1) is 14.7. The molecular formula is C14H26N4. The van der Waals surface area contributed by atoms with Crippen LogP contribution in [0.4, 0.5) is 11.6 Å². The van der Waals surface area contributed by atoms with Crippen LogP contribution in [0.5, 0.6) is 0 Å². The Morgan fingerprint density at radius 2 is 1.72 bits per heavy atom. The maximum atomic E-state index is 4.72. The summed E-state index contributed by atoms with van der Waals surface area (Å²) >= 11 is 0. The zero-order chi connectivity index (χ0) is 13.5. The molecule has 102 valence electrons. The molecule has 0 saturated heterocycles. The minimum absolute atomic E-state index is 0.890. The molecule has 0 atom stereocenters. The van der Waals surface area contributed by atoms with Gasteiger partial charge in [0.2, 0.25) is 0 Å². The molecule has 0 amide bonds. The average molecular weight is 250 g/mol. The van der Waals surface area contributed by atoms with Crippen molar-refractivity contribution in [1.82, 2.24) is 9.97 Å². The molecule has 4 nitrogen and oxygen atoms in total. The first-order valence-electron chi connectivity index (χ1n) is 7.04. The summed E-state index contributed by atoms with van der Waals surface area (Å²) < 4.78 is 0. The lowest BCUT2D eigenvalue weighted by atomic mass is 10.2. The monoisotopic (exact) mass is 250 g/mol. The van der Waals surface area contributed by atoms with Crippen LogP contribution >= 0.6 is 0 Å². The molecule has 0 fully saturated rings. The molecule has 0 aliphatic heterocycles. The SMILES string of the molecule is CCCc1nc(NCC)c(C)c(N(CC)CC)n1. The highest BCUT2D eigenvalue weighted by Gasteiger charge is 2.14. The maximum Gasteiger partial charge on any atom is 0.137 e. The van der Waals surface area contributed by atoms with Crippen LogP contribution in [0.25, 0.3) is 0 Å². The van der Waals surface area contributed by atoms with Crippen molar-refractivity contribution in [3.63, 3.8) is 0 Å². The smallest absolute Gasteiger partial charge is 0.137 e. The molecule has 0 aliphatic carbocycles. The number of rotatable bonds is 7. The fourth-order valence-electron chi connectivity index (χ4n) is 2.06. The van der Waals surface area contributed by atoms with E-state index in [1.807, 2.05) is 0 Å². The molecule has 0 saturated carbocycles. The van der Waals surface area contributed by atoms with E-state index >= 15 is 0 Å². The van der Waals surface area contributed by atoms with Gasteiger partial charge in [0.1, 0.15) is 17.5 Å². The number of aryl methyl sites for hydroxylation is 1. The zero-order valence-corrected chi connectivity index (χ0v) is 12.4. The summed E-state index contributed by atoms with van der Waals surface area (Å²) in [4.78, 5) is 11.6. The Kier molecular flexibility index (Phi) is 5.89. The van der Waals surface area contributed by atoms with Gasteiger partial charge in [-0.1, -0.05) is 6.92 Å². The Balaban J connectivity index is 3.20. The zero-order valence-electron chi connectivity index (χ0n) is 12.4. The number of nitrogens with zero attached hydrogens (tertiary/aromatic N) is 3. The predicted octanol–water partition coefficient (Wildman–Crippen LogP) is 3.02. The molecule has 1 N–H and O–H groups in total. The van der Waals surface area contributed by atoms with Crippen molar-refractivity contribution < 1.29 is 0 Å². The van der Waals surface area contributed by atoms with E-state index in [0.29, 0.717) is 0 Å². The van der Waals surface area contributed by atoms with Crippen molar-refractivity contribution in [2.24, 2.45) is 0 Å². The van der Waals surface area contributed by atoms with E-state index in [-0.39, 0.29) is 0 Å². The number of hydrogen-bond acceptors (Lipinski definition) is 4. The topological polar surface area (TPSA) is 41.1 Å². The second kappa shape index (κ2) is 7.19. The Bertz CT molecular complexity index is 372. The highest BCUT2D eigenvalue weighted by molar-refractivity contribution is 5.58. The first-order chi connectivity index (χ1) is 8.67. The van der Waals surface area contributed by atoms with Crippen LogP contribution in [0.15, 0.2) is 0 Å². The minimum Gasteiger partial charge on any atom is -0.370 e. The number of aromatic nitrogens is 2. The van der Waals surface area contributed by atoms with Gasteiger partial charge in [-0.15, -0.1) is 0 Å². The Hall–Kier alpha value is -1.32. The molecule has 0 bridgehead atoms. The average Bonchev–Trinajstić information content (AvgIpc) is 2.36. The summed E-state index contributed by atoms with van der Waals surface area (Å²) in [5, 5.41) is 3.34. The van der Waals surface area contributed by atoms with Gasteiger partial charge in [-0.2, -0.15) is 0 Å². The van der Waals surface area contributed by atoms with E-state index in [9.17, 15) is 0 Å². The van der Waals surface area contributed by atoms with Gasteiger partial charge in [0.05, 0.1) is 0 Å². The van der Waals surface area contributed by atoms with Crippen molar-refractivity contribution in [1.29, 1.82) is 0 Å². The molecule has 1 aromatic rings. The van der Waals surface area contributed by atoms with Gasteiger partial charge in [-0.3, -0.25) is 0 Å². The van der Waals surface area contributed by atoms with Crippen molar-refractivity contribution in [2.75, 3.05) is 29.9 Å². The van der Waals surface area contributed by atoms with Gasteiger partial charge < -0.3 is 10.2 Å². The van der Waals surface area contributed by atoms with Crippen molar-refractivity contribution in [3.8, 4) is 0 Å². The Morgan fingerprint density at radius 1 is 1.06 bits per heavy atom. The first-order valence-corrected chi connectivity index (χ1v) is 7.04. The standard InChI is InChI=1S/C14H26N4/c1-6-10-12-16-13(15-7-2)11(5)14(17-12)18(8-3)9-4/h6-10H2,1-5H3,(H,15,16,17). The van der Waals surface area contributed by atoms with Gasteiger partial charge >= 0.3 is 0 Å². The van der Waals surface area contributed by atoms with E-state index in [0.717, 1.165) is 55.5 Å². The maximum absolute atomic E-state index is 4.72. The lowest BCUT2D eigenvalue weighted by Gasteiger charge is -2.23. The Labute approximate surface area is 111 Å². The number of hydrogen-bond donors (Lipinski definition) is 1. The molecule has 0 spiro atoms. The van der Waals surface area contributed by atoms with Gasteiger partial charge in [-0.05, 0) is 34.1 Å². The van der Waals surface area contributed by atoms with Crippen molar-refractivity contribution in [3.05, 3.63) is 11.4 Å². The third kappa shape index (κ3) is 3.34. The highest BCUT2D eigenvalue weighted by atomic mass is 15.2. The van der Waals surface area contributed by atoms with Crippen LogP contribution in [0.3, 0.4) is 0 Å². The van der Waals surface area contributed by atoms with Crippen LogP contribution < -0.4 is 10.2 Å². The summed E-state index contributed by atoms with van der Waals surface area (Å²) in [6, 6.07) is 0. The molecule has 1 heterocycles. The number of nitrogens with one attached hydrogen (secondary N) is 1. The normalized spacial score (nSPS) is 10.5. The predicted molar refractivity (Wildman–Crippen MR) is 78.5 cm³/mol. The van der Waals surface area contributed by atoms with Crippen LogP contribution in [0.1, 0.15) is 45.5 Å². The molecule has 1 aromatic heterocycles. The molecule has 4 heteroatoms. The van der Waals surface area contributed by atoms with E-state index in [4.69, 9.17) is 4.98 Å². The second-order valence-electron chi connectivity index (χ2n) is 4.39. The summed E-state index contributed by atoms with van der Waals surface area (Å²) in [5.41, 5.74) is 1.15.